The lowest BCUT2D eigenvalue weighted by atomic mass is 10.4. The molecule has 4 nitrogen and oxygen atoms in total. The maximum atomic E-state index is 8.40. The third-order valence-corrected chi connectivity index (χ3v) is 1.50. The van der Waals surface area contributed by atoms with Crippen LogP contribution in [0.2, 0.25) is 0 Å². The summed E-state index contributed by atoms with van der Waals surface area (Å²) in [7, 11) is 0. The van der Waals surface area contributed by atoms with Gasteiger partial charge in [0.05, 0.1) is 25.0 Å². The molecule has 0 N–H and O–H groups in total. The minimum absolute atomic E-state index is 0.222. The highest BCUT2D eigenvalue weighted by molar-refractivity contribution is 5.02. The predicted molar refractivity (Wildman–Crippen MR) is 47.8 cm³/mol. The molecule has 1 aromatic heterocycles. The van der Waals surface area contributed by atoms with Crippen molar-refractivity contribution in [1.29, 1.82) is 5.26 Å². The summed E-state index contributed by atoms with van der Waals surface area (Å²) in [6, 6.07) is 2.02. The van der Waals surface area contributed by atoms with Crippen LogP contribution in [-0.2, 0) is 17.9 Å². The van der Waals surface area contributed by atoms with Crippen molar-refractivity contribution in [3.8, 4) is 6.07 Å². The monoisotopic (exact) mass is 179 g/mol. The molecule has 0 bridgehead atoms. The number of ether oxygens (including phenoxy) is 1. The molecule has 0 aliphatic rings. The molecule has 1 aromatic rings. The summed E-state index contributed by atoms with van der Waals surface area (Å²) in [4.78, 5) is 0. The van der Waals surface area contributed by atoms with Crippen molar-refractivity contribution < 1.29 is 4.74 Å². The SMILES string of the molecule is CC(C)OCc1cnn(CC#N)c1. The summed E-state index contributed by atoms with van der Waals surface area (Å²) in [5.74, 6) is 0. The molecule has 0 aromatic carbocycles. The zero-order valence-corrected chi connectivity index (χ0v) is 7.90. The van der Waals surface area contributed by atoms with Crippen LogP contribution in [0.15, 0.2) is 12.4 Å². The lowest BCUT2D eigenvalue weighted by molar-refractivity contribution is 0.0657. The second kappa shape index (κ2) is 4.63. The smallest absolute Gasteiger partial charge is 0.128 e. The van der Waals surface area contributed by atoms with Gasteiger partial charge in [0.2, 0.25) is 0 Å². The first-order chi connectivity index (χ1) is 6.22. The van der Waals surface area contributed by atoms with Gasteiger partial charge in [0.15, 0.2) is 0 Å². The van der Waals surface area contributed by atoms with Crippen molar-refractivity contribution in [1.82, 2.24) is 9.78 Å². The number of nitrogens with zero attached hydrogens (tertiary/aromatic N) is 3. The Morgan fingerprint density at radius 1 is 1.69 bits per heavy atom. The fourth-order valence-electron chi connectivity index (χ4n) is 0.903. The van der Waals surface area contributed by atoms with Crippen molar-refractivity contribution in [3.63, 3.8) is 0 Å². The molecule has 0 amide bonds. The molecular weight excluding hydrogens is 166 g/mol. The third-order valence-electron chi connectivity index (χ3n) is 1.50. The summed E-state index contributed by atoms with van der Waals surface area (Å²) >= 11 is 0. The Morgan fingerprint density at radius 2 is 2.46 bits per heavy atom. The largest absolute Gasteiger partial charge is 0.374 e. The molecule has 0 saturated heterocycles. The van der Waals surface area contributed by atoms with Crippen LogP contribution in [0.25, 0.3) is 0 Å². The molecule has 4 heteroatoms. The Balaban J connectivity index is 2.45. The Hall–Kier alpha value is -1.34. The van der Waals surface area contributed by atoms with Gasteiger partial charge in [-0.2, -0.15) is 10.4 Å². The molecule has 70 valence electrons. The van der Waals surface area contributed by atoms with Gasteiger partial charge in [0.25, 0.3) is 0 Å². The summed E-state index contributed by atoms with van der Waals surface area (Å²) in [5.41, 5.74) is 1.00. The first kappa shape index (κ1) is 9.75. The predicted octanol–water partition coefficient (Wildman–Crippen LogP) is 1.33. The van der Waals surface area contributed by atoms with Gasteiger partial charge < -0.3 is 4.74 Å². The molecule has 0 saturated carbocycles. The maximum absolute atomic E-state index is 8.40. The van der Waals surface area contributed by atoms with Crippen LogP contribution in [0.1, 0.15) is 19.4 Å². The molecule has 0 spiro atoms. The van der Waals surface area contributed by atoms with E-state index in [1.54, 1.807) is 10.9 Å². The highest BCUT2D eigenvalue weighted by Crippen LogP contribution is 2.01. The molecule has 0 aliphatic heterocycles. The quantitative estimate of drug-likeness (QED) is 0.700. The highest BCUT2D eigenvalue weighted by Gasteiger charge is 1.99. The zero-order valence-electron chi connectivity index (χ0n) is 7.90. The third kappa shape index (κ3) is 3.26. The van der Waals surface area contributed by atoms with Crippen LogP contribution in [0, 0.1) is 11.3 Å². The molecule has 0 fully saturated rings. The van der Waals surface area contributed by atoms with Gasteiger partial charge >= 0.3 is 0 Å². The fraction of sp³-hybridized carbons (Fsp3) is 0.556. The normalized spacial score (nSPS) is 10.3. The van der Waals surface area contributed by atoms with E-state index in [9.17, 15) is 0 Å². The van der Waals surface area contributed by atoms with Crippen molar-refractivity contribution >= 4 is 0 Å². The van der Waals surface area contributed by atoms with Gasteiger partial charge in [0, 0.05) is 11.8 Å². The Morgan fingerprint density at radius 3 is 3.08 bits per heavy atom. The maximum Gasteiger partial charge on any atom is 0.128 e. The second-order valence-electron chi connectivity index (χ2n) is 3.06. The lowest BCUT2D eigenvalue weighted by Crippen LogP contribution is -2.01. The van der Waals surface area contributed by atoms with Gasteiger partial charge in [-0.3, -0.25) is 4.68 Å². The van der Waals surface area contributed by atoms with Crippen molar-refractivity contribution in [2.24, 2.45) is 0 Å². The van der Waals surface area contributed by atoms with E-state index < -0.39 is 0 Å². The molecule has 0 unspecified atom stereocenters. The Kier molecular flexibility index (Phi) is 3.47. The van der Waals surface area contributed by atoms with Crippen LogP contribution in [0.5, 0.6) is 0 Å². The molecule has 0 radical (unpaired) electrons. The van der Waals surface area contributed by atoms with Gasteiger partial charge in [-0.1, -0.05) is 0 Å². The van der Waals surface area contributed by atoms with E-state index in [1.165, 1.54) is 0 Å². The van der Waals surface area contributed by atoms with E-state index in [4.69, 9.17) is 10.00 Å². The molecule has 1 heterocycles. The first-order valence-electron chi connectivity index (χ1n) is 4.22. The number of rotatable bonds is 4. The number of aromatic nitrogens is 2. The summed E-state index contributed by atoms with van der Waals surface area (Å²) < 4.78 is 6.98. The number of hydrogen-bond acceptors (Lipinski definition) is 3. The van der Waals surface area contributed by atoms with E-state index >= 15 is 0 Å². The zero-order chi connectivity index (χ0) is 9.68. The standard InChI is InChI=1S/C9H13N3O/c1-8(2)13-7-9-5-11-12(6-9)4-3-10/h5-6,8H,4,7H2,1-2H3. The average molecular weight is 179 g/mol. The first-order valence-corrected chi connectivity index (χ1v) is 4.22. The fourth-order valence-corrected chi connectivity index (χ4v) is 0.903. The van der Waals surface area contributed by atoms with E-state index in [0.29, 0.717) is 13.2 Å². The number of hydrogen-bond donors (Lipinski definition) is 0. The molecule has 13 heavy (non-hydrogen) atoms. The van der Waals surface area contributed by atoms with Crippen molar-refractivity contribution in [3.05, 3.63) is 18.0 Å². The van der Waals surface area contributed by atoms with E-state index in [0.717, 1.165) is 5.56 Å². The van der Waals surface area contributed by atoms with Gasteiger partial charge in [-0.05, 0) is 13.8 Å². The van der Waals surface area contributed by atoms with E-state index in [2.05, 4.69) is 5.10 Å². The van der Waals surface area contributed by atoms with Crippen LogP contribution in [0.4, 0.5) is 0 Å². The van der Waals surface area contributed by atoms with E-state index in [-0.39, 0.29) is 6.10 Å². The van der Waals surface area contributed by atoms with Gasteiger partial charge in [-0.25, -0.2) is 0 Å². The van der Waals surface area contributed by atoms with Crippen LogP contribution >= 0.6 is 0 Å². The molecule has 1 rings (SSSR count). The minimum Gasteiger partial charge on any atom is -0.374 e. The van der Waals surface area contributed by atoms with Crippen LogP contribution in [0.3, 0.4) is 0 Å². The summed E-state index contributed by atoms with van der Waals surface area (Å²) in [6.07, 6.45) is 3.77. The van der Waals surface area contributed by atoms with Gasteiger partial charge in [-0.15, -0.1) is 0 Å². The summed E-state index contributed by atoms with van der Waals surface area (Å²) in [6.45, 7) is 4.82. The topological polar surface area (TPSA) is 50.8 Å². The highest BCUT2D eigenvalue weighted by atomic mass is 16.5. The van der Waals surface area contributed by atoms with E-state index in [1.807, 2.05) is 26.1 Å². The van der Waals surface area contributed by atoms with Crippen molar-refractivity contribution in [2.75, 3.05) is 0 Å². The number of nitriles is 1. The average Bonchev–Trinajstić information content (AvgIpc) is 2.50. The minimum atomic E-state index is 0.222. The Labute approximate surface area is 77.7 Å². The van der Waals surface area contributed by atoms with Gasteiger partial charge in [0.1, 0.15) is 6.54 Å². The molecule has 0 aliphatic carbocycles. The summed E-state index contributed by atoms with van der Waals surface area (Å²) in [5, 5.41) is 12.4. The lowest BCUT2D eigenvalue weighted by Gasteiger charge is -2.04. The molecular formula is C9H13N3O. The second-order valence-corrected chi connectivity index (χ2v) is 3.06. The van der Waals surface area contributed by atoms with Crippen LogP contribution < -0.4 is 0 Å². The van der Waals surface area contributed by atoms with Crippen LogP contribution in [-0.4, -0.2) is 15.9 Å². The Bertz CT molecular complexity index is 298. The van der Waals surface area contributed by atoms with Crippen molar-refractivity contribution in [2.45, 2.75) is 33.1 Å². The molecule has 0 atom stereocenters.